The number of halogens is 1. The highest BCUT2D eigenvalue weighted by Crippen LogP contribution is 2.38. The minimum absolute atomic E-state index is 0. The maximum Gasteiger partial charge on any atom is 0.0337 e. The summed E-state index contributed by atoms with van der Waals surface area (Å²) in [5.74, 6) is 0. The van der Waals surface area contributed by atoms with Crippen LogP contribution in [0.4, 0.5) is 5.69 Å². The molecular weight excluding hydrogens is 400 g/mol. The molecule has 0 amide bonds. The molecular formula is C19H37INP. The summed E-state index contributed by atoms with van der Waals surface area (Å²) in [6.45, 7) is 6.94. The van der Waals surface area contributed by atoms with Crippen molar-refractivity contribution in [2.24, 2.45) is 0 Å². The predicted octanol–water partition coefficient (Wildman–Crippen LogP) is 7.21. The second-order valence-electron chi connectivity index (χ2n) is 5.52. The van der Waals surface area contributed by atoms with Gasteiger partial charge < -0.3 is 5.32 Å². The van der Waals surface area contributed by atoms with Crippen LogP contribution in [0.1, 0.15) is 59.3 Å². The van der Waals surface area contributed by atoms with Crippen LogP contribution in [0.15, 0.2) is 30.3 Å². The average Bonchev–Trinajstić information content (AvgIpc) is 2.55. The Morgan fingerprint density at radius 2 is 1.18 bits per heavy atom. The van der Waals surface area contributed by atoms with Gasteiger partial charge in [-0.2, -0.15) is 0 Å². The number of para-hydroxylation sites is 1. The zero-order chi connectivity index (χ0) is 15.8. The molecule has 0 fully saturated rings. The Bertz CT molecular complexity index is 287. The summed E-state index contributed by atoms with van der Waals surface area (Å²) < 4.78 is 0. The van der Waals surface area contributed by atoms with Crippen molar-refractivity contribution >= 4 is 37.6 Å². The summed E-state index contributed by atoms with van der Waals surface area (Å²) in [7, 11) is 2.33. The molecule has 0 radical (unpaired) electrons. The molecule has 0 bridgehead atoms. The average molecular weight is 437 g/mol. The summed E-state index contributed by atoms with van der Waals surface area (Å²) in [5.41, 5.74) is 1.16. The first-order valence-corrected chi connectivity index (χ1v) is 10.6. The van der Waals surface area contributed by atoms with Gasteiger partial charge in [-0.05, 0) is 49.9 Å². The van der Waals surface area contributed by atoms with Gasteiger partial charge in [0.2, 0.25) is 0 Å². The van der Waals surface area contributed by atoms with Crippen LogP contribution in [0.5, 0.6) is 0 Å². The molecule has 0 atom stereocenters. The van der Waals surface area contributed by atoms with Gasteiger partial charge in [0.05, 0.1) is 0 Å². The van der Waals surface area contributed by atoms with Crippen molar-refractivity contribution in [3.63, 3.8) is 0 Å². The van der Waals surface area contributed by atoms with Crippen molar-refractivity contribution in [3.8, 4) is 0 Å². The molecule has 0 aromatic heterocycles. The molecule has 130 valence electrons. The lowest BCUT2D eigenvalue weighted by molar-refractivity contribution is 0.847. The summed E-state index contributed by atoms with van der Waals surface area (Å²) in [6, 6.07) is 10.1. The van der Waals surface area contributed by atoms with Gasteiger partial charge in [0.25, 0.3) is 0 Å². The van der Waals surface area contributed by atoms with E-state index in [4.69, 9.17) is 0 Å². The Morgan fingerprint density at radius 3 is 1.45 bits per heavy atom. The number of nitrogens with one attached hydrogen (secondary N) is 1. The second kappa shape index (κ2) is 19.2. The summed E-state index contributed by atoms with van der Waals surface area (Å²) in [5, 5.41) is 3.03. The second-order valence-corrected chi connectivity index (χ2v) is 8.20. The smallest absolute Gasteiger partial charge is 0.0337 e. The third-order valence-electron chi connectivity index (χ3n) is 3.55. The topological polar surface area (TPSA) is 12.0 Å². The van der Waals surface area contributed by atoms with Crippen LogP contribution in [0.25, 0.3) is 0 Å². The lowest BCUT2D eigenvalue weighted by Gasteiger charge is -2.16. The maximum absolute atomic E-state index is 3.03. The SMILES string of the molecule is CCCCP(CCCC)CCCC.CNc1ccccc1.I. The van der Waals surface area contributed by atoms with E-state index in [0.717, 1.165) is 5.69 Å². The van der Waals surface area contributed by atoms with Gasteiger partial charge in [0.15, 0.2) is 0 Å². The zero-order valence-electron chi connectivity index (χ0n) is 15.1. The van der Waals surface area contributed by atoms with Crippen LogP contribution in [-0.2, 0) is 0 Å². The van der Waals surface area contributed by atoms with Crippen LogP contribution >= 0.6 is 31.9 Å². The predicted molar refractivity (Wildman–Crippen MR) is 118 cm³/mol. The highest BCUT2D eigenvalue weighted by atomic mass is 127. The molecule has 0 saturated carbocycles. The summed E-state index contributed by atoms with van der Waals surface area (Å²) in [6.07, 6.45) is 13.2. The van der Waals surface area contributed by atoms with Crippen molar-refractivity contribution in [1.82, 2.24) is 0 Å². The van der Waals surface area contributed by atoms with E-state index in [9.17, 15) is 0 Å². The minimum Gasteiger partial charge on any atom is -0.388 e. The van der Waals surface area contributed by atoms with Crippen LogP contribution in [-0.4, -0.2) is 25.5 Å². The molecule has 1 aromatic rings. The molecule has 1 nitrogen and oxygen atoms in total. The number of anilines is 1. The summed E-state index contributed by atoms with van der Waals surface area (Å²) >= 11 is 0. The Kier molecular flexibility index (Phi) is 21.4. The molecule has 0 saturated heterocycles. The first-order chi connectivity index (χ1) is 10.3. The standard InChI is InChI=1S/C12H27P.C7H9N.HI/c1-4-7-10-13(11-8-5-2)12-9-6-3;1-8-7-5-3-2-4-6-7;/h4-12H2,1-3H3;2-6,8H,1H3;1H. The van der Waals surface area contributed by atoms with Crippen LogP contribution in [0, 0.1) is 0 Å². The Labute approximate surface area is 157 Å². The fraction of sp³-hybridized carbons (Fsp3) is 0.684. The van der Waals surface area contributed by atoms with E-state index in [1.54, 1.807) is 18.5 Å². The maximum atomic E-state index is 3.03. The summed E-state index contributed by atoms with van der Waals surface area (Å²) in [4.78, 5) is 0. The molecule has 0 aliphatic rings. The van der Waals surface area contributed by atoms with E-state index in [0.29, 0.717) is 7.92 Å². The van der Waals surface area contributed by atoms with Gasteiger partial charge >= 0.3 is 0 Å². The largest absolute Gasteiger partial charge is 0.388 e. The Balaban J connectivity index is 0. The van der Waals surface area contributed by atoms with Gasteiger partial charge in [-0.15, -0.1) is 31.9 Å². The third-order valence-corrected chi connectivity index (χ3v) is 6.39. The number of unbranched alkanes of at least 4 members (excludes halogenated alkanes) is 3. The van der Waals surface area contributed by atoms with Gasteiger partial charge in [-0.25, -0.2) is 0 Å². The minimum atomic E-state index is 0. The molecule has 0 unspecified atom stereocenters. The molecule has 0 aliphatic carbocycles. The molecule has 0 spiro atoms. The van der Waals surface area contributed by atoms with Gasteiger partial charge in [-0.1, -0.05) is 58.2 Å². The first-order valence-electron chi connectivity index (χ1n) is 8.73. The van der Waals surface area contributed by atoms with E-state index in [2.05, 4.69) is 26.1 Å². The highest BCUT2D eigenvalue weighted by molar-refractivity contribution is 14.0. The van der Waals surface area contributed by atoms with Crippen LogP contribution in [0.3, 0.4) is 0 Å². The zero-order valence-corrected chi connectivity index (χ0v) is 18.3. The van der Waals surface area contributed by atoms with E-state index in [1.807, 2.05) is 37.4 Å². The fourth-order valence-corrected chi connectivity index (χ4v) is 5.05. The number of hydrogen-bond acceptors (Lipinski definition) is 1. The van der Waals surface area contributed by atoms with Crippen molar-refractivity contribution in [2.45, 2.75) is 59.3 Å². The first kappa shape index (κ1) is 24.4. The molecule has 1 N–H and O–H groups in total. The highest BCUT2D eigenvalue weighted by Gasteiger charge is 2.05. The van der Waals surface area contributed by atoms with Gasteiger partial charge in [-0.3, -0.25) is 0 Å². The van der Waals surface area contributed by atoms with Crippen LogP contribution < -0.4 is 5.32 Å². The van der Waals surface area contributed by atoms with Gasteiger partial charge in [0, 0.05) is 12.7 Å². The molecule has 0 heterocycles. The molecule has 22 heavy (non-hydrogen) atoms. The number of hydrogen-bond donors (Lipinski definition) is 1. The van der Waals surface area contributed by atoms with E-state index in [-0.39, 0.29) is 24.0 Å². The van der Waals surface area contributed by atoms with Gasteiger partial charge in [0.1, 0.15) is 0 Å². The fourth-order valence-electron chi connectivity index (χ4n) is 2.09. The molecule has 1 aromatic carbocycles. The molecule has 0 aliphatic heterocycles. The Morgan fingerprint density at radius 1 is 0.773 bits per heavy atom. The van der Waals surface area contributed by atoms with Crippen molar-refractivity contribution < 1.29 is 0 Å². The van der Waals surface area contributed by atoms with Crippen molar-refractivity contribution in [2.75, 3.05) is 30.9 Å². The number of benzene rings is 1. The third kappa shape index (κ3) is 15.1. The lowest BCUT2D eigenvalue weighted by Crippen LogP contribution is -1.95. The quantitative estimate of drug-likeness (QED) is 0.301. The van der Waals surface area contributed by atoms with E-state index < -0.39 is 0 Å². The van der Waals surface area contributed by atoms with Crippen molar-refractivity contribution in [1.29, 1.82) is 0 Å². The number of rotatable bonds is 10. The Hall–Kier alpha value is 0.180. The van der Waals surface area contributed by atoms with Crippen LogP contribution in [0.2, 0.25) is 0 Å². The molecule has 1 rings (SSSR count). The molecule has 3 heteroatoms. The normalized spacial score (nSPS) is 9.68. The monoisotopic (exact) mass is 437 g/mol. The van der Waals surface area contributed by atoms with E-state index >= 15 is 0 Å². The van der Waals surface area contributed by atoms with Crippen molar-refractivity contribution in [3.05, 3.63) is 30.3 Å². The van der Waals surface area contributed by atoms with E-state index in [1.165, 1.54) is 38.5 Å². The lowest BCUT2D eigenvalue weighted by atomic mass is 10.3.